The molecule has 0 spiro atoms. The Kier molecular flexibility index (Phi) is 4.98. The second kappa shape index (κ2) is 5.92. The third-order valence-corrected chi connectivity index (χ3v) is 3.43. The zero-order chi connectivity index (χ0) is 13.3. The van der Waals surface area contributed by atoms with E-state index in [1.807, 2.05) is 11.0 Å². The van der Waals surface area contributed by atoms with Crippen LogP contribution in [0.5, 0.6) is 0 Å². The molecule has 3 N–H and O–H groups in total. The number of halogens is 1. The first-order valence-corrected chi connectivity index (χ1v) is 6.48. The van der Waals surface area contributed by atoms with E-state index < -0.39 is 0 Å². The van der Waals surface area contributed by atoms with Crippen LogP contribution in [0.15, 0.2) is 6.07 Å². The van der Waals surface area contributed by atoms with Crippen molar-refractivity contribution in [2.45, 2.75) is 45.1 Å². The molecule has 1 aliphatic heterocycles. The zero-order valence-electron chi connectivity index (χ0n) is 11.8. The Hall–Kier alpha value is -1.07. The fourth-order valence-corrected chi connectivity index (χ4v) is 2.08. The number of carbonyl (C=O) groups excluding carboxylic acids is 1. The summed E-state index contributed by atoms with van der Waals surface area (Å²) in [7, 11) is 0. The van der Waals surface area contributed by atoms with Crippen LogP contribution in [0.2, 0.25) is 0 Å². The number of carbonyl (C=O) groups is 1. The summed E-state index contributed by atoms with van der Waals surface area (Å²) in [6.07, 6.45) is 1.75. The van der Waals surface area contributed by atoms with Gasteiger partial charge >= 0.3 is 0 Å². The third-order valence-electron chi connectivity index (χ3n) is 3.43. The molecule has 1 fully saturated rings. The molecule has 0 bridgehead atoms. The summed E-state index contributed by atoms with van der Waals surface area (Å²) in [5.74, 6) is 0.00801. The average molecular weight is 287 g/mol. The van der Waals surface area contributed by atoms with Crippen molar-refractivity contribution in [3.63, 3.8) is 0 Å². The second-order valence-corrected chi connectivity index (χ2v) is 6.05. The number of nitrogens with two attached hydrogens (primary N) is 1. The van der Waals surface area contributed by atoms with E-state index in [1.165, 1.54) is 0 Å². The summed E-state index contributed by atoms with van der Waals surface area (Å²) in [6.45, 7) is 7.74. The molecule has 0 aliphatic carbocycles. The molecule has 1 aromatic rings. The fraction of sp³-hybridized carbons (Fsp3) is 0.692. The topological polar surface area (TPSA) is 75.0 Å². The molecule has 0 aromatic carbocycles. The van der Waals surface area contributed by atoms with Crippen LogP contribution in [-0.2, 0) is 5.41 Å². The van der Waals surface area contributed by atoms with Gasteiger partial charge in [-0.3, -0.25) is 9.89 Å². The highest BCUT2D eigenvalue weighted by molar-refractivity contribution is 5.92. The smallest absolute Gasteiger partial charge is 0.274 e. The molecule has 2 heterocycles. The van der Waals surface area contributed by atoms with Gasteiger partial charge in [-0.1, -0.05) is 20.8 Å². The Morgan fingerprint density at radius 2 is 2.00 bits per heavy atom. The van der Waals surface area contributed by atoms with Gasteiger partial charge in [-0.15, -0.1) is 12.4 Å². The Morgan fingerprint density at radius 3 is 2.47 bits per heavy atom. The molecule has 1 aliphatic rings. The van der Waals surface area contributed by atoms with Crippen LogP contribution in [0.1, 0.15) is 49.8 Å². The standard InChI is InChI=1S/C13H22N4O.ClH/c1-13(2,3)11-8-10(15-16-11)12(18)17-6-4-9(14)5-7-17;/h8-9H,4-7,14H2,1-3H3,(H,15,16);1H. The molecular weight excluding hydrogens is 264 g/mol. The van der Waals surface area contributed by atoms with Crippen molar-refractivity contribution in [3.8, 4) is 0 Å². The highest BCUT2D eigenvalue weighted by Gasteiger charge is 2.25. The third kappa shape index (κ3) is 3.70. The quantitative estimate of drug-likeness (QED) is 0.825. The minimum Gasteiger partial charge on any atom is -0.337 e. The van der Waals surface area contributed by atoms with Gasteiger partial charge in [0.15, 0.2) is 0 Å². The van der Waals surface area contributed by atoms with Gasteiger partial charge in [-0.25, -0.2) is 0 Å². The predicted octanol–water partition coefficient (Wildman–Crippen LogP) is 1.69. The minimum atomic E-state index is -0.0181. The molecule has 0 atom stereocenters. The number of aromatic nitrogens is 2. The molecule has 1 amide bonds. The van der Waals surface area contributed by atoms with Gasteiger partial charge in [0.2, 0.25) is 0 Å². The first-order chi connectivity index (χ1) is 8.38. The molecule has 2 rings (SSSR count). The maximum atomic E-state index is 12.2. The van der Waals surface area contributed by atoms with Crippen molar-refractivity contribution >= 4 is 18.3 Å². The number of H-pyrrole nitrogens is 1. The van der Waals surface area contributed by atoms with Crippen molar-refractivity contribution in [2.75, 3.05) is 13.1 Å². The van der Waals surface area contributed by atoms with E-state index >= 15 is 0 Å². The predicted molar refractivity (Wildman–Crippen MR) is 77.6 cm³/mol. The Morgan fingerprint density at radius 1 is 1.42 bits per heavy atom. The molecule has 6 heteroatoms. The molecular formula is C13H23ClN4O. The summed E-state index contributed by atoms with van der Waals surface area (Å²) in [6, 6.07) is 2.09. The Bertz CT molecular complexity index is 430. The lowest BCUT2D eigenvalue weighted by molar-refractivity contribution is 0.0708. The van der Waals surface area contributed by atoms with Crippen LogP contribution >= 0.6 is 12.4 Å². The first-order valence-electron chi connectivity index (χ1n) is 6.48. The molecule has 108 valence electrons. The molecule has 0 saturated carbocycles. The van der Waals surface area contributed by atoms with Crippen LogP contribution in [0, 0.1) is 0 Å². The van der Waals surface area contributed by atoms with Gasteiger partial charge in [-0.2, -0.15) is 5.10 Å². The fourth-order valence-electron chi connectivity index (χ4n) is 2.08. The average Bonchev–Trinajstić information content (AvgIpc) is 2.78. The summed E-state index contributed by atoms with van der Waals surface area (Å²) in [5, 5.41) is 7.08. The second-order valence-electron chi connectivity index (χ2n) is 6.05. The Labute approximate surface area is 120 Å². The summed E-state index contributed by atoms with van der Waals surface area (Å²) in [5.41, 5.74) is 7.31. The van der Waals surface area contributed by atoms with E-state index in [1.54, 1.807) is 0 Å². The molecule has 0 radical (unpaired) electrons. The SMILES string of the molecule is CC(C)(C)c1cc(C(=O)N2CCC(N)CC2)n[nH]1.Cl. The maximum absolute atomic E-state index is 12.2. The van der Waals surface area contributed by atoms with Gasteiger partial charge in [0, 0.05) is 30.2 Å². The summed E-state index contributed by atoms with van der Waals surface area (Å²) < 4.78 is 0. The number of piperidine rings is 1. The highest BCUT2D eigenvalue weighted by atomic mass is 35.5. The largest absolute Gasteiger partial charge is 0.337 e. The number of nitrogens with zero attached hydrogens (tertiary/aromatic N) is 2. The number of hydrogen-bond donors (Lipinski definition) is 2. The molecule has 5 nitrogen and oxygen atoms in total. The van der Waals surface area contributed by atoms with Crippen molar-refractivity contribution in [3.05, 3.63) is 17.5 Å². The molecule has 1 aromatic heterocycles. The van der Waals surface area contributed by atoms with Crippen molar-refractivity contribution in [1.29, 1.82) is 0 Å². The normalized spacial score (nSPS) is 17.2. The number of likely N-dealkylation sites (tertiary alicyclic amines) is 1. The Balaban J connectivity index is 0.00000180. The molecule has 19 heavy (non-hydrogen) atoms. The van der Waals surface area contributed by atoms with Gasteiger partial charge in [0.1, 0.15) is 5.69 Å². The van der Waals surface area contributed by atoms with Crippen LogP contribution < -0.4 is 5.73 Å². The summed E-state index contributed by atoms with van der Waals surface area (Å²) >= 11 is 0. The first kappa shape index (κ1) is 16.0. The highest BCUT2D eigenvalue weighted by Crippen LogP contribution is 2.21. The van der Waals surface area contributed by atoms with Gasteiger partial charge in [-0.05, 0) is 18.9 Å². The lowest BCUT2D eigenvalue weighted by Crippen LogP contribution is -2.42. The number of aromatic amines is 1. The zero-order valence-corrected chi connectivity index (χ0v) is 12.6. The van der Waals surface area contributed by atoms with Crippen molar-refractivity contribution < 1.29 is 4.79 Å². The van der Waals surface area contributed by atoms with E-state index in [2.05, 4.69) is 31.0 Å². The number of amides is 1. The number of hydrogen-bond acceptors (Lipinski definition) is 3. The van der Waals surface area contributed by atoms with Gasteiger partial charge in [0.25, 0.3) is 5.91 Å². The van der Waals surface area contributed by atoms with E-state index in [-0.39, 0.29) is 29.8 Å². The van der Waals surface area contributed by atoms with Crippen LogP contribution in [0.4, 0.5) is 0 Å². The number of rotatable bonds is 1. The lowest BCUT2D eigenvalue weighted by Gasteiger charge is -2.29. The van der Waals surface area contributed by atoms with E-state index in [0.717, 1.165) is 31.6 Å². The monoisotopic (exact) mass is 286 g/mol. The lowest BCUT2D eigenvalue weighted by atomic mass is 9.92. The molecule has 0 unspecified atom stereocenters. The van der Waals surface area contributed by atoms with E-state index in [0.29, 0.717) is 5.69 Å². The minimum absolute atomic E-state index is 0. The van der Waals surface area contributed by atoms with E-state index in [9.17, 15) is 4.79 Å². The van der Waals surface area contributed by atoms with E-state index in [4.69, 9.17) is 5.73 Å². The molecule has 1 saturated heterocycles. The van der Waals surface area contributed by atoms with Crippen LogP contribution in [-0.4, -0.2) is 40.1 Å². The van der Waals surface area contributed by atoms with Gasteiger partial charge < -0.3 is 10.6 Å². The van der Waals surface area contributed by atoms with Crippen molar-refractivity contribution in [2.24, 2.45) is 5.73 Å². The number of nitrogens with one attached hydrogen (secondary N) is 1. The van der Waals surface area contributed by atoms with Crippen molar-refractivity contribution in [1.82, 2.24) is 15.1 Å². The van der Waals surface area contributed by atoms with Crippen LogP contribution in [0.25, 0.3) is 0 Å². The maximum Gasteiger partial charge on any atom is 0.274 e. The van der Waals surface area contributed by atoms with Gasteiger partial charge in [0.05, 0.1) is 0 Å². The van der Waals surface area contributed by atoms with Crippen LogP contribution in [0.3, 0.4) is 0 Å². The summed E-state index contributed by atoms with van der Waals surface area (Å²) in [4.78, 5) is 14.1.